The van der Waals surface area contributed by atoms with Crippen LogP contribution in [0.1, 0.15) is 10.1 Å². The van der Waals surface area contributed by atoms with E-state index in [2.05, 4.69) is 10.2 Å². The molecule has 0 atom stereocenters. The fraction of sp³-hybridized carbons (Fsp3) is 0.231. The van der Waals surface area contributed by atoms with Gasteiger partial charge in [-0.05, 0) is 18.6 Å². The number of hydrogen-bond acceptors (Lipinski definition) is 4. The summed E-state index contributed by atoms with van der Waals surface area (Å²) in [6.45, 7) is 0. The van der Waals surface area contributed by atoms with Crippen molar-refractivity contribution in [2.75, 3.05) is 12.5 Å². The van der Waals surface area contributed by atoms with Crippen molar-refractivity contribution in [3.63, 3.8) is 0 Å². The Labute approximate surface area is 114 Å². The summed E-state index contributed by atoms with van der Waals surface area (Å²) >= 11 is 3.31. The maximum atomic E-state index is 11.8. The number of rotatable bonds is 4. The van der Waals surface area contributed by atoms with E-state index in [1.54, 1.807) is 23.5 Å². The molecule has 1 aromatic carbocycles. The molecule has 2 rings (SSSR count). The van der Waals surface area contributed by atoms with Crippen molar-refractivity contribution in [2.24, 2.45) is 0 Å². The predicted octanol–water partition coefficient (Wildman–Crippen LogP) is 3.16. The topological polar surface area (TPSA) is 45.8 Å². The third kappa shape index (κ3) is 2.79. The van der Waals surface area contributed by atoms with Gasteiger partial charge in [0, 0.05) is 11.1 Å². The lowest BCUT2D eigenvalue weighted by Gasteiger charge is -2.11. The summed E-state index contributed by atoms with van der Waals surface area (Å²) in [6, 6.07) is 11.7. The summed E-state index contributed by atoms with van der Waals surface area (Å²) in [5.41, 5.74) is 2.47. The number of H-pyrrole nitrogens is 1. The van der Waals surface area contributed by atoms with Crippen LogP contribution in [0.5, 0.6) is 0 Å². The molecule has 0 fully saturated rings. The van der Waals surface area contributed by atoms with Gasteiger partial charge in [-0.3, -0.25) is 4.79 Å². The Morgan fingerprint density at radius 2 is 1.83 bits per heavy atom. The molecular formula is C13H14N2OS2. The maximum Gasteiger partial charge on any atom is 0.269 e. The Morgan fingerprint density at radius 1 is 1.17 bits per heavy atom. The van der Waals surface area contributed by atoms with Crippen molar-refractivity contribution in [3.8, 4) is 11.3 Å². The van der Waals surface area contributed by atoms with Crippen LogP contribution in [-0.4, -0.2) is 22.7 Å². The molecule has 18 heavy (non-hydrogen) atoms. The van der Waals surface area contributed by atoms with Gasteiger partial charge in [0.1, 0.15) is 0 Å². The summed E-state index contributed by atoms with van der Waals surface area (Å²) < 4.78 is 0.138. The van der Waals surface area contributed by atoms with Gasteiger partial charge in [-0.25, -0.2) is 5.10 Å². The molecule has 94 valence electrons. The number of aromatic nitrogens is 2. The van der Waals surface area contributed by atoms with E-state index in [9.17, 15) is 4.79 Å². The Bertz CT molecular complexity index is 565. The van der Waals surface area contributed by atoms with Gasteiger partial charge in [-0.1, -0.05) is 30.3 Å². The molecule has 5 heteroatoms. The van der Waals surface area contributed by atoms with Crippen LogP contribution in [0.2, 0.25) is 0 Å². The van der Waals surface area contributed by atoms with Crippen LogP contribution in [0.4, 0.5) is 0 Å². The second-order valence-electron chi connectivity index (χ2n) is 3.71. The lowest BCUT2D eigenvalue weighted by atomic mass is 10.1. The molecule has 1 N–H and O–H groups in total. The summed E-state index contributed by atoms with van der Waals surface area (Å²) in [7, 11) is 0. The van der Waals surface area contributed by atoms with Crippen molar-refractivity contribution >= 4 is 23.5 Å². The fourth-order valence-electron chi connectivity index (χ4n) is 1.70. The molecule has 0 aliphatic heterocycles. The third-order valence-corrected chi connectivity index (χ3v) is 5.10. The highest BCUT2D eigenvalue weighted by Crippen LogP contribution is 2.34. The van der Waals surface area contributed by atoms with Gasteiger partial charge in [0.05, 0.1) is 10.3 Å². The third-order valence-electron chi connectivity index (χ3n) is 2.58. The summed E-state index contributed by atoms with van der Waals surface area (Å²) in [4.78, 5) is 11.8. The Balaban J connectivity index is 2.47. The summed E-state index contributed by atoms with van der Waals surface area (Å²) in [5.74, 6) is 0. The van der Waals surface area contributed by atoms with Crippen LogP contribution in [0.25, 0.3) is 11.3 Å². The van der Waals surface area contributed by atoms with Crippen LogP contribution < -0.4 is 5.56 Å². The molecule has 0 bridgehead atoms. The van der Waals surface area contributed by atoms with E-state index in [-0.39, 0.29) is 10.1 Å². The molecule has 0 saturated carbocycles. The number of hydrogen-bond donors (Lipinski definition) is 1. The zero-order chi connectivity index (χ0) is 13.0. The molecule has 0 radical (unpaired) electrons. The fourth-order valence-corrected chi connectivity index (χ4v) is 3.33. The average Bonchev–Trinajstić information content (AvgIpc) is 2.43. The molecule has 0 amide bonds. The van der Waals surface area contributed by atoms with E-state index in [1.165, 1.54) is 0 Å². The van der Waals surface area contributed by atoms with Gasteiger partial charge in [0.2, 0.25) is 0 Å². The van der Waals surface area contributed by atoms with Crippen LogP contribution in [0.3, 0.4) is 0 Å². The first kappa shape index (κ1) is 13.2. The van der Waals surface area contributed by atoms with Gasteiger partial charge < -0.3 is 0 Å². The molecule has 0 aliphatic carbocycles. The molecule has 1 heterocycles. The second kappa shape index (κ2) is 6.11. The second-order valence-corrected chi connectivity index (χ2v) is 5.89. The van der Waals surface area contributed by atoms with Crippen molar-refractivity contribution in [3.05, 3.63) is 52.3 Å². The molecule has 3 nitrogen and oxygen atoms in total. The Hall–Kier alpha value is -1.20. The van der Waals surface area contributed by atoms with Crippen LogP contribution in [-0.2, 0) is 0 Å². The lowest BCUT2D eigenvalue weighted by molar-refractivity contribution is 0.970. The zero-order valence-electron chi connectivity index (χ0n) is 10.2. The Morgan fingerprint density at radius 3 is 2.44 bits per heavy atom. The number of benzene rings is 1. The smallest absolute Gasteiger partial charge is 0.268 e. The minimum Gasteiger partial charge on any atom is -0.268 e. The maximum absolute atomic E-state index is 11.8. The van der Waals surface area contributed by atoms with Crippen LogP contribution in [0.15, 0.2) is 41.2 Å². The normalized spacial score (nSPS) is 10.8. The largest absolute Gasteiger partial charge is 0.269 e. The van der Waals surface area contributed by atoms with Crippen molar-refractivity contribution in [1.29, 1.82) is 0 Å². The number of nitrogens with zero attached hydrogens (tertiary/aromatic N) is 1. The highest BCUT2D eigenvalue weighted by Gasteiger charge is 2.14. The van der Waals surface area contributed by atoms with Crippen LogP contribution in [0, 0.1) is 0 Å². The van der Waals surface area contributed by atoms with Crippen LogP contribution >= 0.6 is 23.5 Å². The van der Waals surface area contributed by atoms with Gasteiger partial charge in [0.25, 0.3) is 5.56 Å². The predicted molar refractivity (Wildman–Crippen MR) is 80.1 cm³/mol. The van der Waals surface area contributed by atoms with Crippen molar-refractivity contribution in [1.82, 2.24) is 10.2 Å². The average molecular weight is 278 g/mol. The lowest BCUT2D eigenvalue weighted by Crippen LogP contribution is -2.15. The van der Waals surface area contributed by atoms with Crippen molar-refractivity contribution in [2.45, 2.75) is 4.58 Å². The van der Waals surface area contributed by atoms with E-state index in [4.69, 9.17) is 0 Å². The molecule has 1 aromatic heterocycles. The quantitative estimate of drug-likeness (QED) is 0.873. The minimum absolute atomic E-state index is 0.108. The molecule has 0 aliphatic rings. The summed E-state index contributed by atoms with van der Waals surface area (Å²) in [6.07, 6.45) is 4.01. The molecule has 2 aromatic rings. The highest BCUT2D eigenvalue weighted by molar-refractivity contribution is 8.15. The Kier molecular flexibility index (Phi) is 4.49. The van der Waals surface area contributed by atoms with Gasteiger partial charge in [-0.15, -0.1) is 23.5 Å². The van der Waals surface area contributed by atoms with Gasteiger partial charge in [0.15, 0.2) is 0 Å². The summed E-state index contributed by atoms with van der Waals surface area (Å²) in [5, 5.41) is 6.69. The first-order chi connectivity index (χ1) is 8.76. The first-order valence-corrected chi connectivity index (χ1v) is 8.04. The number of nitrogens with one attached hydrogen (secondary N) is 1. The van der Waals surface area contributed by atoms with E-state index in [0.29, 0.717) is 0 Å². The highest BCUT2D eigenvalue weighted by atomic mass is 32.2. The monoisotopic (exact) mass is 278 g/mol. The molecule has 0 saturated heterocycles. The van der Waals surface area contributed by atoms with E-state index in [0.717, 1.165) is 16.8 Å². The van der Waals surface area contributed by atoms with E-state index < -0.39 is 0 Å². The van der Waals surface area contributed by atoms with Gasteiger partial charge >= 0.3 is 0 Å². The first-order valence-electron chi connectivity index (χ1n) is 5.47. The number of aromatic amines is 1. The molecule has 0 spiro atoms. The van der Waals surface area contributed by atoms with Crippen molar-refractivity contribution < 1.29 is 0 Å². The molecular weight excluding hydrogens is 264 g/mol. The SMILES string of the molecule is CSC(SC)c1cc(-c2ccccc2)n[nH]c1=O. The standard InChI is InChI=1S/C13H14N2OS2/c1-17-13(18-2)10-8-11(14-15-12(10)16)9-6-4-3-5-7-9/h3-8,13H,1-2H3,(H,15,16). The van der Waals surface area contributed by atoms with E-state index >= 15 is 0 Å². The minimum atomic E-state index is -0.108. The van der Waals surface area contributed by atoms with Gasteiger partial charge in [-0.2, -0.15) is 5.10 Å². The van der Waals surface area contributed by atoms with E-state index in [1.807, 2.05) is 48.9 Å². The number of thioether (sulfide) groups is 2. The molecule has 0 unspecified atom stereocenters. The zero-order valence-corrected chi connectivity index (χ0v) is 11.8.